The summed E-state index contributed by atoms with van der Waals surface area (Å²) in [4.78, 5) is 0. The van der Waals surface area contributed by atoms with Crippen molar-refractivity contribution in [3.8, 4) is 0 Å². The van der Waals surface area contributed by atoms with Crippen molar-refractivity contribution in [3.05, 3.63) is 29.8 Å². The van der Waals surface area contributed by atoms with Gasteiger partial charge in [0.05, 0.1) is 0 Å². The van der Waals surface area contributed by atoms with E-state index in [1.54, 1.807) is 0 Å². The zero-order valence-corrected chi connectivity index (χ0v) is 9.42. The van der Waals surface area contributed by atoms with Gasteiger partial charge in [-0.25, -0.2) is 0 Å². The standard InChI is InChI=1S/C11H15F3N2O/c1-17-6-5-10(16,11(12,13)14)8-3-2-4-9(15)7-8/h2-4,7H,5-6,15-16H2,1H3. The quantitative estimate of drug-likeness (QED) is 0.801. The molecule has 6 heteroatoms. The highest BCUT2D eigenvalue weighted by Crippen LogP contribution is 2.39. The van der Waals surface area contributed by atoms with Crippen LogP contribution < -0.4 is 11.5 Å². The molecule has 0 saturated heterocycles. The molecule has 96 valence electrons. The third kappa shape index (κ3) is 2.89. The average molecular weight is 248 g/mol. The molecule has 1 aromatic carbocycles. The maximum Gasteiger partial charge on any atom is 0.410 e. The Morgan fingerprint density at radius 3 is 2.41 bits per heavy atom. The van der Waals surface area contributed by atoms with Gasteiger partial charge in [-0.3, -0.25) is 0 Å². The van der Waals surface area contributed by atoms with Crippen LogP contribution >= 0.6 is 0 Å². The Morgan fingerprint density at radius 1 is 1.29 bits per heavy atom. The first-order valence-corrected chi connectivity index (χ1v) is 5.02. The molecule has 1 atom stereocenters. The molecule has 4 N–H and O–H groups in total. The molecule has 0 aliphatic carbocycles. The number of hydrogen-bond acceptors (Lipinski definition) is 3. The smallest absolute Gasteiger partial charge is 0.399 e. The Hall–Kier alpha value is -1.27. The SMILES string of the molecule is COCCC(N)(c1cccc(N)c1)C(F)(F)F. The monoisotopic (exact) mass is 248 g/mol. The number of hydrogen-bond donors (Lipinski definition) is 2. The summed E-state index contributed by atoms with van der Waals surface area (Å²) in [6, 6.07) is 5.52. The molecule has 0 saturated carbocycles. The van der Waals surface area contributed by atoms with E-state index in [2.05, 4.69) is 4.74 Å². The summed E-state index contributed by atoms with van der Waals surface area (Å²) in [5, 5.41) is 0. The van der Waals surface area contributed by atoms with Crippen molar-refractivity contribution >= 4 is 5.69 Å². The maximum atomic E-state index is 13.0. The van der Waals surface area contributed by atoms with E-state index in [0.29, 0.717) is 0 Å². The van der Waals surface area contributed by atoms with Gasteiger partial charge in [0.1, 0.15) is 5.54 Å². The second-order valence-electron chi connectivity index (χ2n) is 3.84. The van der Waals surface area contributed by atoms with Crippen molar-refractivity contribution in [2.45, 2.75) is 18.1 Å². The van der Waals surface area contributed by atoms with Crippen molar-refractivity contribution in [1.82, 2.24) is 0 Å². The molecule has 0 spiro atoms. The molecule has 0 radical (unpaired) electrons. The lowest BCUT2D eigenvalue weighted by Crippen LogP contribution is -2.51. The number of nitrogen functional groups attached to an aromatic ring is 1. The molecule has 0 bridgehead atoms. The first-order chi connectivity index (χ1) is 7.81. The number of nitrogens with two attached hydrogens (primary N) is 2. The molecule has 0 aliphatic rings. The predicted octanol–water partition coefficient (Wildman–Crippen LogP) is 2.02. The Labute approximate surface area is 97.5 Å². The Morgan fingerprint density at radius 2 is 1.94 bits per heavy atom. The van der Waals surface area contributed by atoms with E-state index in [1.165, 1.54) is 31.4 Å². The molecule has 0 amide bonds. The first-order valence-electron chi connectivity index (χ1n) is 5.02. The van der Waals surface area contributed by atoms with Gasteiger partial charge in [0.25, 0.3) is 0 Å². The number of alkyl halides is 3. The van der Waals surface area contributed by atoms with E-state index >= 15 is 0 Å². The van der Waals surface area contributed by atoms with E-state index in [-0.39, 0.29) is 24.3 Å². The topological polar surface area (TPSA) is 61.3 Å². The highest BCUT2D eigenvalue weighted by Gasteiger charge is 2.52. The molecule has 1 unspecified atom stereocenters. The minimum atomic E-state index is -4.56. The van der Waals surface area contributed by atoms with Crippen LogP contribution in [0.5, 0.6) is 0 Å². The van der Waals surface area contributed by atoms with Gasteiger partial charge in [0, 0.05) is 25.8 Å². The van der Waals surface area contributed by atoms with Crippen LogP contribution in [0.2, 0.25) is 0 Å². The fourth-order valence-corrected chi connectivity index (χ4v) is 1.53. The van der Waals surface area contributed by atoms with Gasteiger partial charge in [0.2, 0.25) is 0 Å². The van der Waals surface area contributed by atoms with Crippen LogP contribution in [0.25, 0.3) is 0 Å². The van der Waals surface area contributed by atoms with E-state index in [4.69, 9.17) is 11.5 Å². The lowest BCUT2D eigenvalue weighted by atomic mass is 9.87. The number of methoxy groups -OCH3 is 1. The largest absolute Gasteiger partial charge is 0.410 e. The van der Waals surface area contributed by atoms with Crippen LogP contribution in [0.4, 0.5) is 18.9 Å². The van der Waals surface area contributed by atoms with Gasteiger partial charge < -0.3 is 16.2 Å². The van der Waals surface area contributed by atoms with Crippen LogP contribution in [0, 0.1) is 0 Å². The molecule has 0 aromatic heterocycles. The summed E-state index contributed by atoms with van der Waals surface area (Å²) in [6.07, 6.45) is -4.91. The van der Waals surface area contributed by atoms with E-state index in [1.807, 2.05) is 0 Å². The molecule has 1 aromatic rings. The summed E-state index contributed by atoms with van der Waals surface area (Å²) >= 11 is 0. The zero-order valence-electron chi connectivity index (χ0n) is 9.42. The second kappa shape index (κ2) is 4.93. The Kier molecular flexibility index (Phi) is 4.00. The van der Waals surface area contributed by atoms with Crippen molar-refractivity contribution in [1.29, 1.82) is 0 Å². The molecule has 0 aliphatic heterocycles. The summed E-state index contributed by atoms with van der Waals surface area (Å²) in [6.45, 7) is -0.0786. The van der Waals surface area contributed by atoms with Crippen molar-refractivity contribution in [3.63, 3.8) is 0 Å². The van der Waals surface area contributed by atoms with Gasteiger partial charge in [-0.1, -0.05) is 12.1 Å². The zero-order chi connectivity index (χ0) is 13.1. The maximum absolute atomic E-state index is 13.0. The van der Waals surface area contributed by atoms with Gasteiger partial charge in [-0.15, -0.1) is 0 Å². The van der Waals surface area contributed by atoms with Gasteiger partial charge >= 0.3 is 6.18 Å². The lowest BCUT2D eigenvalue weighted by Gasteiger charge is -2.32. The number of benzene rings is 1. The van der Waals surface area contributed by atoms with E-state index in [0.717, 1.165) is 0 Å². The number of ether oxygens (including phenoxy) is 1. The van der Waals surface area contributed by atoms with Gasteiger partial charge in [0.15, 0.2) is 0 Å². The van der Waals surface area contributed by atoms with Crippen LogP contribution in [-0.4, -0.2) is 19.9 Å². The summed E-state index contributed by atoms with van der Waals surface area (Å²) in [7, 11) is 1.33. The van der Waals surface area contributed by atoms with Crippen LogP contribution in [0.1, 0.15) is 12.0 Å². The van der Waals surface area contributed by atoms with Crippen molar-refractivity contribution < 1.29 is 17.9 Å². The van der Waals surface area contributed by atoms with E-state index < -0.39 is 11.7 Å². The molecule has 0 fully saturated rings. The van der Waals surface area contributed by atoms with Crippen LogP contribution in [-0.2, 0) is 10.3 Å². The number of halogens is 3. The van der Waals surface area contributed by atoms with Gasteiger partial charge in [-0.05, 0) is 17.7 Å². The molecule has 3 nitrogen and oxygen atoms in total. The lowest BCUT2D eigenvalue weighted by molar-refractivity contribution is -0.194. The third-order valence-corrected chi connectivity index (χ3v) is 2.61. The minimum absolute atomic E-state index is 0.0537. The Balaban J connectivity index is 3.14. The summed E-state index contributed by atoms with van der Waals surface area (Å²) < 4.78 is 43.7. The molecule has 1 rings (SSSR count). The first kappa shape index (κ1) is 13.8. The minimum Gasteiger partial charge on any atom is -0.399 e. The second-order valence-corrected chi connectivity index (χ2v) is 3.84. The number of anilines is 1. The summed E-state index contributed by atoms with van der Waals surface area (Å²) in [5.74, 6) is 0. The molecular formula is C11H15F3N2O. The van der Waals surface area contributed by atoms with Crippen LogP contribution in [0.3, 0.4) is 0 Å². The summed E-state index contributed by atoms with van der Waals surface area (Å²) in [5.41, 5.74) is 8.73. The van der Waals surface area contributed by atoms with Crippen molar-refractivity contribution in [2.75, 3.05) is 19.5 Å². The van der Waals surface area contributed by atoms with E-state index in [9.17, 15) is 13.2 Å². The third-order valence-electron chi connectivity index (χ3n) is 2.61. The average Bonchev–Trinajstić information content (AvgIpc) is 2.24. The molecule has 17 heavy (non-hydrogen) atoms. The van der Waals surface area contributed by atoms with Crippen LogP contribution in [0.15, 0.2) is 24.3 Å². The van der Waals surface area contributed by atoms with Crippen molar-refractivity contribution in [2.24, 2.45) is 5.73 Å². The van der Waals surface area contributed by atoms with Gasteiger partial charge in [-0.2, -0.15) is 13.2 Å². The molecule has 0 heterocycles. The fraction of sp³-hybridized carbons (Fsp3) is 0.455. The normalized spacial score (nSPS) is 15.6. The Bertz CT molecular complexity index is 381. The highest BCUT2D eigenvalue weighted by molar-refractivity contribution is 5.43. The fourth-order valence-electron chi connectivity index (χ4n) is 1.53. The molecular weight excluding hydrogens is 233 g/mol. The predicted molar refractivity (Wildman–Crippen MR) is 59.3 cm³/mol. The number of rotatable bonds is 4. The highest BCUT2D eigenvalue weighted by atomic mass is 19.4.